The standard InChI is InChI=1S/C12H12F2N4O/c1-8-16-17-9(2)18(8)15-7-10-3-5-11(6-4-10)19-12(13)14/h3-7,12H,1-2H3/b15-7-. The van der Waals surface area contributed by atoms with Crippen LogP contribution in [0.4, 0.5) is 8.78 Å². The SMILES string of the molecule is Cc1nnc(C)n1/N=C\c1ccc(OC(F)F)cc1. The van der Waals surface area contributed by atoms with Crippen LogP contribution in [0.5, 0.6) is 5.75 Å². The van der Waals surface area contributed by atoms with Gasteiger partial charge in [0.25, 0.3) is 0 Å². The Labute approximate surface area is 108 Å². The van der Waals surface area contributed by atoms with Gasteiger partial charge in [0, 0.05) is 0 Å². The van der Waals surface area contributed by atoms with Gasteiger partial charge in [0.05, 0.1) is 6.21 Å². The molecule has 2 aromatic rings. The van der Waals surface area contributed by atoms with E-state index in [1.54, 1.807) is 36.9 Å². The lowest BCUT2D eigenvalue weighted by atomic mass is 10.2. The second kappa shape index (κ2) is 5.55. The Hall–Kier alpha value is -2.31. The van der Waals surface area contributed by atoms with Gasteiger partial charge in [-0.2, -0.15) is 13.9 Å². The highest BCUT2D eigenvalue weighted by Gasteiger charge is 2.03. The molecule has 1 aromatic heterocycles. The summed E-state index contributed by atoms with van der Waals surface area (Å²) < 4.78 is 29.8. The predicted octanol–water partition coefficient (Wildman–Crippen LogP) is 2.38. The van der Waals surface area contributed by atoms with Crippen molar-refractivity contribution in [3.8, 4) is 5.75 Å². The van der Waals surface area contributed by atoms with Gasteiger partial charge in [0.2, 0.25) is 0 Å². The molecule has 0 fully saturated rings. The number of alkyl halides is 2. The van der Waals surface area contributed by atoms with Gasteiger partial charge in [-0.1, -0.05) is 0 Å². The summed E-state index contributed by atoms with van der Waals surface area (Å²) in [6.07, 6.45) is 1.59. The second-order valence-corrected chi connectivity index (χ2v) is 3.80. The number of aryl methyl sites for hydroxylation is 2. The average Bonchev–Trinajstić information content (AvgIpc) is 2.68. The fourth-order valence-corrected chi connectivity index (χ4v) is 1.49. The maximum Gasteiger partial charge on any atom is 0.387 e. The minimum atomic E-state index is -2.82. The van der Waals surface area contributed by atoms with Gasteiger partial charge in [-0.15, -0.1) is 10.2 Å². The van der Waals surface area contributed by atoms with Crippen molar-refractivity contribution in [1.82, 2.24) is 14.9 Å². The van der Waals surface area contributed by atoms with Gasteiger partial charge in [-0.05, 0) is 43.7 Å². The molecule has 0 aliphatic rings. The van der Waals surface area contributed by atoms with Crippen LogP contribution < -0.4 is 4.74 Å². The third-order valence-corrected chi connectivity index (χ3v) is 2.38. The van der Waals surface area contributed by atoms with E-state index in [1.807, 2.05) is 0 Å². The number of nitrogens with zero attached hydrogens (tertiary/aromatic N) is 4. The van der Waals surface area contributed by atoms with E-state index in [9.17, 15) is 8.78 Å². The maximum absolute atomic E-state index is 12.0. The molecule has 0 aliphatic heterocycles. The molecule has 0 unspecified atom stereocenters. The zero-order valence-corrected chi connectivity index (χ0v) is 10.4. The topological polar surface area (TPSA) is 52.3 Å². The molecule has 2 rings (SSSR count). The van der Waals surface area contributed by atoms with Gasteiger partial charge in [0.1, 0.15) is 5.75 Å². The first-order valence-electron chi connectivity index (χ1n) is 5.54. The number of hydrogen-bond donors (Lipinski definition) is 0. The number of aromatic nitrogens is 3. The Morgan fingerprint density at radius 3 is 2.26 bits per heavy atom. The lowest BCUT2D eigenvalue weighted by molar-refractivity contribution is -0.0498. The zero-order chi connectivity index (χ0) is 13.8. The quantitative estimate of drug-likeness (QED) is 0.798. The van der Waals surface area contributed by atoms with Crippen molar-refractivity contribution in [2.75, 3.05) is 0 Å². The van der Waals surface area contributed by atoms with Crippen LogP contribution in [0.2, 0.25) is 0 Å². The van der Waals surface area contributed by atoms with E-state index in [0.29, 0.717) is 11.6 Å². The van der Waals surface area contributed by atoms with Crippen LogP contribution >= 0.6 is 0 Å². The van der Waals surface area contributed by atoms with Crippen LogP contribution in [0.1, 0.15) is 17.2 Å². The van der Waals surface area contributed by atoms with Gasteiger partial charge in [-0.3, -0.25) is 0 Å². The lowest BCUT2D eigenvalue weighted by Gasteiger charge is -2.03. The molecule has 0 saturated heterocycles. The smallest absolute Gasteiger partial charge is 0.387 e. The molecule has 100 valence electrons. The van der Waals surface area contributed by atoms with Crippen LogP contribution in [-0.4, -0.2) is 27.7 Å². The molecule has 0 atom stereocenters. The Morgan fingerprint density at radius 2 is 1.74 bits per heavy atom. The first kappa shape index (κ1) is 13.1. The zero-order valence-electron chi connectivity index (χ0n) is 10.4. The maximum atomic E-state index is 12.0. The van der Waals surface area contributed by atoms with E-state index in [4.69, 9.17) is 0 Å². The van der Waals surface area contributed by atoms with Crippen LogP contribution in [-0.2, 0) is 0 Å². The number of ether oxygens (including phenoxy) is 1. The normalized spacial score (nSPS) is 11.4. The van der Waals surface area contributed by atoms with Crippen molar-refractivity contribution >= 4 is 6.21 Å². The third kappa shape index (κ3) is 3.34. The predicted molar refractivity (Wildman–Crippen MR) is 65.6 cm³/mol. The highest BCUT2D eigenvalue weighted by Crippen LogP contribution is 2.14. The number of rotatable bonds is 4. The van der Waals surface area contributed by atoms with Gasteiger partial charge >= 0.3 is 6.61 Å². The summed E-state index contributed by atoms with van der Waals surface area (Å²) in [5.41, 5.74) is 0.758. The largest absolute Gasteiger partial charge is 0.435 e. The summed E-state index contributed by atoms with van der Waals surface area (Å²) in [6, 6.07) is 6.19. The fourth-order valence-electron chi connectivity index (χ4n) is 1.49. The minimum Gasteiger partial charge on any atom is -0.435 e. The summed E-state index contributed by atoms with van der Waals surface area (Å²) in [5, 5.41) is 11.9. The van der Waals surface area contributed by atoms with Crippen molar-refractivity contribution in [2.24, 2.45) is 5.10 Å². The van der Waals surface area contributed by atoms with Crippen molar-refractivity contribution in [3.63, 3.8) is 0 Å². The molecule has 5 nitrogen and oxygen atoms in total. The van der Waals surface area contributed by atoms with E-state index in [0.717, 1.165) is 5.56 Å². The number of benzene rings is 1. The van der Waals surface area contributed by atoms with Crippen LogP contribution in [0.25, 0.3) is 0 Å². The number of hydrogen-bond acceptors (Lipinski definition) is 4. The van der Waals surface area contributed by atoms with Crippen molar-refractivity contribution in [3.05, 3.63) is 41.5 Å². The molecule has 1 heterocycles. The first-order chi connectivity index (χ1) is 9.06. The lowest BCUT2D eigenvalue weighted by Crippen LogP contribution is -2.01. The number of halogens is 2. The Morgan fingerprint density at radius 1 is 1.16 bits per heavy atom. The molecule has 0 spiro atoms. The Kier molecular flexibility index (Phi) is 3.84. The van der Waals surface area contributed by atoms with Crippen LogP contribution in [0, 0.1) is 13.8 Å². The molecule has 0 bridgehead atoms. The molecule has 0 saturated carbocycles. The summed E-state index contributed by atoms with van der Waals surface area (Å²) in [5.74, 6) is 1.46. The summed E-state index contributed by atoms with van der Waals surface area (Å²) in [6.45, 7) is 0.759. The summed E-state index contributed by atoms with van der Waals surface area (Å²) >= 11 is 0. The summed E-state index contributed by atoms with van der Waals surface area (Å²) in [4.78, 5) is 0. The van der Waals surface area contributed by atoms with E-state index >= 15 is 0 Å². The summed E-state index contributed by atoms with van der Waals surface area (Å²) in [7, 11) is 0. The van der Waals surface area contributed by atoms with E-state index in [2.05, 4.69) is 20.0 Å². The molecule has 0 amide bonds. The average molecular weight is 266 g/mol. The van der Waals surface area contributed by atoms with Crippen LogP contribution in [0.15, 0.2) is 29.4 Å². The molecule has 19 heavy (non-hydrogen) atoms. The molecule has 0 radical (unpaired) electrons. The second-order valence-electron chi connectivity index (χ2n) is 3.80. The Bertz CT molecular complexity index is 558. The van der Waals surface area contributed by atoms with E-state index in [1.165, 1.54) is 12.1 Å². The van der Waals surface area contributed by atoms with Crippen molar-refractivity contribution in [1.29, 1.82) is 0 Å². The highest BCUT2D eigenvalue weighted by atomic mass is 19.3. The molecule has 0 N–H and O–H groups in total. The Balaban J connectivity index is 2.11. The first-order valence-corrected chi connectivity index (χ1v) is 5.54. The van der Waals surface area contributed by atoms with Crippen LogP contribution in [0.3, 0.4) is 0 Å². The van der Waals surface area contributed by atoms with Crippen molar-refractivity contribution in [2.45, 2.75) is 20.5 Å². The fraction of sp³-hybridized carbons (Fsp3) is 0.250. The van der Waals surface area contributed by atoms with Crippen molar-refractivity contribution < 1.29 is 13.5 Å². The molecular weight excluding hydrogens is 254 g/mol. The molecule has 0 aliphatic carbocycles. The third-order valence-electron chi connectivity index (χ3n) is 2.38. The monoisotopic (exact) mass is 266 g/mol. The highest BCUT2D eigenvalue weighted by molar-refractivity contribution is 5.79. The minimum absolute atomic E-state index is 0.115. The van der Waals surface area contributed by atoms with Gasteiger partial charge in [-0.25, -0.2) is 4.68 Å². The van der Waals surface area contributed by atoms with Gasteiger partial charge in [0.15, 0.2) is 11.6 Å². The molecular formula is C12H12F2N4O. The van der Waals surface area contributed by atoms with E-state index < -0.39 is 6.61 Å². The van der Waals surface area contributed by atoms with Gasteiger partial charge < -0.3 is 4.74 Å². The molecule has 7 heteroatoms. The molecule has 1 aromatic carbocycles. The van der Waals surface area contributed by atoms with E-state index in [-0.39, 0.29) is 5.75 Å².